The van der Waals surface area contributed by atoms with Crippen LogP contribution in [0.15, 0.2) is 88.3 Å². The van der Waals surface area contributed by atoms with Crippen LogP contribution in [0.4, 0.5) is 11.4 Å². The number of hydrogen-bond acceptors (Lipinski definition) is 2. The van der Waals surface area contributed by atoms with Crippen molar-refractivity contribution in [3.05, 3.63) is 99.5 Å². The van der Waals surface area contributed by atoms with Gasteiger partial charge in [-0.2, -0.15) is 0 Å². The SMILES string of the molecule is NC(=Nc1cc(Cl)cc(NC(=O)/C=C/c2ccccc2Br)c1)c1ccccc1. The standard InChI is InChI=1S/C22H17BrClN3O/c23-20-9-5-4-6-15(20)10-11-21(28)26-18-12-17(24)13-19(14-18)27-22(25)16-7-2-1-3-8-16/h1-14H,(H2,25,27)(H,26,28)/b11-10+. The number of nitrogens with one attached hydrogen (secondary N) is 1. The van der Waals surface area contributed by atoms with Crippen LogP contribution >= 0.6 is 27.5 Å². The summed E-state index contributed by atoms with van der Waals surface area (Å²) in [5.74, 6) is 0.0953. The van der Waals surface area contributed by atoms with Gasteiger partial charge in [0.25, 0.3) is 0 Å². The number of nitrogens with zero attached hydrogens (tertiary/aromatic N) is 1. The number of anilines is 1. The Morgan fingerprint density at radius 3 is 2.50 bits per heavy atom. The maximum atomic E-state index is 12.2. The fourth-order valence-electron chi connectivity index (χ4n) is 2.48. The Morgan fingerprint density at radius 2 is 1.75 bits per heavy atom. The molecule has 0 unspecified atom stereocenters. The Kier molecular flexibility index (Phi) is 6.63. The van der Waals surface area contributed by atoms with Gasteiger partial charge in [-0.1, -0.05) is 76.1 Å². The van der Waals surface area contributed by atoms with E-state index < -0.39 is 0 Å². The van der Waals surface area contributed by atoms with E-state index in [-0.39, 0.29) is 5.91 Å². The van der Waals surface area contributed by atoms with Gasteiger partial charge in [-0.15, -0.1) is 0 Å². The minimum absolute atomic E-state index is 0.274. The van der Waals surface area contributed by atoms with E-state index in [1.165, 1.54) is 6.08 Å². The summed E-state index contributed by atoms with van der Waals surface area (Å²) >= 11 is 9.62. The van der Waals surface area contributed by atoms with Crippen molar-refractivity contribution >= 4 is 56.7 Å². The minimum atomic E-state index is -0.274. The van der Waals surface area contributed by atoms with E-state index in [2.05, 4.69) is 26.2 Å². The van der Waals surface area contributed by atoms with E-state index in [0.29, 0.717) is 22.2 Å². The number of amidine groups is 1. The lowest BCUT2D eigenvalue weighted by atomic mass is 10.2. The Labute approximate surface area is 176 Å². The smallest absolute Gasteiger partial charge is 0.248 e. The fourth-order valence-corrected chi connectivity index (χ4v) is 3.13. The quantitative estimate of drug-likeness (QED) is 0.291. The van der Waals surface area contributed by atoms with Gasteiger partial charge in [0.1, 0.15) is 5.84 Å². The van der Waals surface area contributed by atoms with Gasteiger partial charge >= 0.3 is 0 Å². The molecule has 6 heteroatoms. The lowest BCUT2D eigenvalue weighted by Crippen LogP contribution is -2.12. The molecule has 0 saturated carbocycles. The zero-order valence-corrected chi connectivity index (χ0v) is 17.1. The molecule has 0 aromatic heterocycles. The molecule has 0 heterocycles. The minimum Gasteiger partial charge on any atom is -0.383 e. The number of carbonyl (C=O) groups is 1. The van der Waals surface area contributed by atoms with Crippen LogP contribution in [0.2, 0.25) is 5.02 Å². The van der Waals surface area contributed by atoms with Gasteiger partial charge < -0.3 is 11.1 Å². The predicted octanol–water partition coefficient (Wildman–Crippen LogP) is 5.79. The lowest BCUT2D eigenvalue weighted by molar-refractivity contribution is -0.111. The molecule has 0 spiro atoms. The third kappa shape index (κ3) is 5.55. The number of carbonyl (C=O) groups excluding carboxylic acids is 1. The first kappa shape index (κ1) is 19.9. The number of benzene rings is 3. The summed E-state index contributed by atoms with van der Waals surface area (Å²) in [6, 6.07) is 22.1. The van der Waals surface area contributed by atoms with E-state index >= 15 is 0 Å². The van der Waals surface area contributed by atoms with Crippen LogP contribution in [0.1, 0.15) is 11.1 Å². The van der Waals surface area contributed by atoms with E-state index in [1.807, 2.05) is 54.6 Å². The summed E-state index contributed by atoms with van der Waals surface area (Å²) in [6.45, 7) is 0. The van der Waals surface area contributed by atoms with Gasteiger partial charge in [-0.3, -0.25) is 4.79 Å². The molecule has 0 aliphatic carbocycles. The molecule has 140 valence electrons. The highest BCUT2D eigenvalue weighted by Crippen LogP contribution is 2.25. The molecule has 0 radical (unpaired) electrons. The van der Waals surface area contributed by atoms with Gasteiger partial charge in [-0.05, 0) is 35.9 Å². The zero-order chi connectivity index (χ0) is 19.9. The Balaban J connectivity index is 1.76. The molecular weight excluding hydrogens is 438 g/mol. The van der Waals surface area contributed by atoms with Gasteiger partial charge in [0, 0.05) is 26.8 Å². The maximum Gasteiger partial charge on any atom is 0.248 e. The van der Waals surface area contributed by atoms with Crippen molar-refractivity contribution in [2.75, 3.05) is 5.32 Å². The van der Waals surface area contributed by atoms with Gasteiger partial charge in [-0.25, -0.2) is 4.99 Å². The first-order chi connectivity index (χ1) is 13.5. The monoisotopic (exact) mass is 453 g/mol. The molecule has 0 aliphatic heterocycles. The fraction of sp³-hybridized carbons (Fsp3) is 0. The first-order valence-corrected chi connectivity index (χ1v) is 9.62. The van der Waals surface area contributed by atoms with Crippen LogP contribution < -0.4 is 11.1 Å². The Hall–Kier alpha value is -2.89. The van der Waals surface area contributed by atoms with Crippen LogP contribution in [0.3, 0.4) is 0 Å². The molecule has 0 fully saturated rings. The van der Waals surface area contributed by atoms with Crippen molar-refractivity contribution in [1.82, 2.24) is 0 Å². The molecule has 0 atom stereocenters. The van der Waals surface area contributed by atoms with Gasteiger partial charge in [0.15, 0.2) is 0 Å². The van der Waals surface area contributed by atoms with Crippen molar-refractivity contribution < 1.29 is 4.79 Å². The number of halogens is 2. The molecule has 28 heavy (non-hydrogen) atoms. The van der Waals surface area contributed by atoms with Crippen molar-refractivity contribution in [1.29, 1.82) is 0 Å². The molecule has 0 saturated heterocycles. The molecule has 3 aromatic carbocycles. The van der Waals surface area contributed by atoms with E-state index in [0.717, 1.165) is 15.6 Å². The molecule has 3 N–H and O–H groups in total. The van der Waals surface area contributed by atoms with Crippen molar-refractivity contribution in [2.45, 2.75) is 0 Å². The largest absolute Gasteiger partial charge is 0.383 e. The molecule has 1 amide bonds. The predicted molar refractivity (Wildman–Crippen MR) is 120 cm³/mol. The number of aliphatic imine (C=N–C) groups is 1. The molecule has 3 rings (SSSR count). The first-order valence-electron chi connectivity index (χ1n) is 8.45. The third-order valence-electron chi connectivity index (χ3n) is 3.79. The van der Waals surface area contributed by atoms with Crippen LogP contribution in [0.25, 0.3) is 6.08 Å². The number of hydrogen-bond donors (Lipinski definition) is 2. The van der Waals surface area contributed by atoms with Crippen LogP contribution in [-0.2, 0) is 4.79 Å². The summed E-state index contributed by atoms with van der Waals surface area (Å²) in [5.41, 5.74) is 8.87. The second-order valence-electron chi connectivity index (χ2n) is 5.91. The number of amides is 1. The van der Waals surface area contributed by atoms with Gasteiger partial charge in [0.2, 0.25) is 5.91 Å². The van der Waals surface area contributed by atoms with Crippen molar-refractivity contribution in [3.8, 4) is 0 Å². The van der Waals surface area contributed by atoms with Crippen molar-refractivity contribution in [2.24, 2.45) is 10.7 Å². The summed E-state index contributed by atoms with van der Waals surface area (Å²) in [5, 5.41) is 3.24. The number of nitrogens with two attached hydrogens (primary N) is 1. The highest BCUT2D eigenvalue weighted by Gasteiger charge is 2.04. The highest BCUT2D eigenvalue weighted by molar-refractivity contribution is 9.10. The highest BCUT2D eigenvalue weighted by atomic mass is 79.9. The summed E-state index contributed by atoms with van der Waals surface area (Å²) in [6.07, 6.45) is 3.19. The van der Waals surface area contributed by atoms with Crippen LogP contribution in [0.5, 0.6) is 0 Å². The summed E-state index contributed by atoms with van der Waals surface area (Å²) in [4.78, 5) is 16.6. The van der Waals surface area contributed by atoms with E-state index in [4.69, 9.17) is 17.3 Å². The molecule has 4 nitrogen and oxygen atoms in total. The molecule has 3 aromatic rings. The Morgan fingerprint density at radius 1 is 1.04 bits per heavy atom. The Bertz CT molecular complexity index is 1050. The van der Waals surface area contributed by atoms with Gasteiger partial charge in [0.05, 0.1) is 5.69 Å². The van der Waals surface area contributed by atoms with Crippen LogP contribution in [-0.4, -0.2) is 11.7 Å². The number of rotatable bonds is 5. The van der Waals surface area contributed by atoms with Crippen molar-refractivity contribution in [3.63, 3.8) is 0 Å². The zero-order valence-electron chi connectivity index (χ0n) is 14.8. The van der Waals surface area contributed by atoms with Crippen LogP contribution in [0, 0.1) is 0 Å². The maximum absolute atomic E-state index is 12.2. The summed E-state index contributed by atoms with van der Waals surface area (Å²) < 4.78 is 0.912. The van der Waals surface area contributed by atoms with E-state index in [1.54, 1.807) is 24.3 Å². The second kappa shape index (κ2) is 9.35. The van der Waals surface area contributed by atoms with E-state index in [9.17, 15) is 4.79 Å². The normalized spacial score (nSPS) is 11.6. The average molecular weight is 455 g/mol. The third-order valence-corrected chi connectivity index (χ3v) is 4.73. The average Bonchev–Trinajstić information content (AvgIpc) is 2.67. The molecule has 0 aliphatic rings. The second-order valence-corrected chi connectivity index (χ2v) is 7.20. The molecular formula is C22H17BrClN3O. The topological polar surface area (TPSA) is 67.5 Å². The molecule has 0 bridgehead atoms. The lowest BCUT2D eigenvalue weighted by Gasteiger charge is -2.06. The summed E-state index contributed by atoms with van der Waals surface area (Å²) in [7, 11) is 0.